The van der Waals surface area contributed by atoms with Crippen LogP contribution in [0.4, 0.5) is 0 Å². The topological polar surface area (TPSA) is 80.1 Å². The Morgan fingerprint density at radius 3 is 2.82 bits per heavy atom. The van der Waals surface area contributed by atoms with Gasteiger partial charge in [0.25, 0.3) is 5.91 Å². The predicted octanol–water partition coefficient (Wildman–Crippen LogP) is 0.228. The number of benzene rings is 1. The van der Waals surface area contributed by atoms with E-state index < -0.39 is 0 Å². The Morgan fingerprint density at radius 1 is 1.23 bits per heavy atom. The van der Waals surface area contributed by atoms with Crippen LogP contribution in [0.15, 0.2) is 36.9 Å². The maximum Gasteiger partial charge on any atom is 0.254 e. The molecule has 7 heteroatoms. The highest BCUT2D eigenvalue weighted by atomic mass is 16.2. The van der Waals surface area contributed by atoms with E-state index in [1.54, 1.807) is 17.2 Å². The Morgan fingerprint density at radius 2 is 2.05 bits per heavy atom. The number of carbonyl (C=O) groups excluding carboxylic acids is 2. The summed E-state index contributed by atoms with van der Waals surface area (Å²) in [7, 11) is 0. The fourth-order valence-corrected chi connectivity index (χ4v) is 3.23. The number of carbonyl (C=O) groups is 2. The second-order valence-corrected chi connectivity index (χ2v) is 5.77. The Labute approximate surface area is 126 Å². The molecule has 0 radical (unpaired) electrons. The molecule has 2 aliphatic rings. The maximum absolute atomic E-state index is 12.7. The first-order chi connectivity index (χ1) is 10.7. The molecule has 2 aliphatic heterocycles. The van der Waals surface area contributed by atoms with Crippen LogP contribution in [-0.4, -0.2) is 50.6 Å². The van der Waals surface area contributed by atoms with Gasteiger partial charge in [-0.25, -0.2) is 0 Å². The highest BCUT2D eigenvalue weighted by molar-refractivity contribution is 5.95. The minimum atomic E-state index is -0.00132. The van der Waals surface area contributed by atoms with Crippen molar-refractivity contribution in [2.75, 3.05) is 13.1 Å². The van der Waals surface area contributed by atoms with Gasteiger partial charge in [-0.3, -0.25) is 14.2 Å². The van der Waals surface area contributed by atoms with Crippen LogP contribution < -0.4 is 5.32 Å². The SMILES string of the molecule is O=C1C[C@H]2CN(C(=O)c3cccc(-n4cnnc4)c3)C[C@H]2N1. The molecule has 1 N–H and O–H groups in total. The van der Waals surface area contributed by atoms with Crippen LogP contribution >= 0.6 is 0 Å². The van der Waals surface area contributed by atoms with Crippen molar-refractivity contribution in [1.82, 2.24) is 25.0 Å². The van der Waals surface area contributed by atoms with Crippen LogP contribution in [0.1, 0.15) is 16.8 Å². The minimum absolute atomic E-state index is 0.00132. The van der Waals surface area contributed by atoms with Crippen molar-refractivity contribution in [3.63, 3.8) is 0 Å². The molecule has 3 heterocycles. The lowest BCUT2D eigenvalue weighted by molar-refractivity contribution is -0.119. The first-order valence-electron chi connectivity index (χ1n) is 7.24. The Balaban J connectivity index is 1.54. The minimum Gasteiger partial charge on any atom is -0.351 e. The summed E-state index contributed by atoms with van der Waals surface area (Å²) in [5.41, 5.74) is 1.49. The molecule has 0 spiro atoms. The number of nitrogens with one attached hydrogen (secondary N) is 1. The lowest BCUT2D eigenvalue weighted by atomic mass is 10.1. The van der Waals surface area contributed by atoms with Crippen LogP contribution in [0, 0.1) is 5.92 Å². The Hall–Kier alpha value is -2.70. The molecule has 1 aromatic heterocycles. The summed E-state index contributed by atoms with van der Waals surface area (Å²) in [6.45, 7) is 1.23. The number of amides is 2. The molecule has 0 unspecified atom stereocenters. The first-order valence-corrected chi connectivity index (χ1v) is 7.24. The quantitative estimate of drug-likeness (QED) is 0.860. The highest BCUT2D eigenvalue weighted by Gasteiger charge is 2.41. The van der Waals surface area contributed by atoms with E-state index in [2.05, 4.69) is 15.5 Å². The van der Waals surface area contributed by atoms with Crippen LogP contribution in [0.5, 0.6) is 0 Å². The van der Waals surface area contributed by atoms with Gasteiger partial charge < -0.3 is 10.2 Å². The van der Waals surface area contributed by atoms with Crippen LogP contribution in [0.3, 0.4) is 0 Å². The third kappa shape index (κ3) is 2.14. The van der Waals surface area contributed by atoms with Gasteiger partial charge in [0.1, 0.15) is 12.7 Å². The van der Waals surface area contributed by atoms with E-state index in [-0.39, 0.29) is 23.8 Å². The van der Waals surface area contributed by atoms with E-state index >= 15 is 0 Å². The van der Waals surface area contributed by atoms with Gasteiger partial charge in [0.2, 0.25) is 5.91 Å². The van der Waals surface area contributed by atoms with Gasteiger partial charge in [0.15, 0.2) is 0 Å². The van der Waals surface area contributed by atoms with E-state index in [9.17, 15) is 9.59 Å². The molecule has 2 aromatic rings. The first kappa shape index (κ1) is 13.0. The van der Waals surface area contributed by atoms with Gasteiger partial charge in [0, 0.05) is 36.7 Å². The van der Waals surface area contributed by atoms with E-state index in [1.807, 2.05) is 29.2 Å². The van der Waals surface area contributed by atoms with E-state index in [4.69, 9.17) is 0 Å². The monoisotopic (exact) mass is 297 g/mol. The number of aromatic nitrogens is 3. The van der Waals surface area contributed by atoms with Crippen molar-refractivity contribution in [3.05, 3.63) is 42.5 Å². The number of hydrogen-bond donors (Lipinski definition) is 1. The molecule has 22 heavy (non-hydrogen) atoms. The molecular formula is C15H15N5O2. The van der Waals surface area contributed by atoms with Gasteiger partial charge in [-0.1, -0.05) is 6.07 Å². The number of nitrogens with zero attached hydrogens (tertiary/aromatic N) is 4. The zero-order valence-corrected chi connectivity index (χ0v) is 11.8. The average molecular weight is 297 g/mol. The van der Waals surface area contributed by atoms with Crippen molar-refractivity contribution in [2.45, 2.75) is 12.5 Å². The molecule has 112 valence electrons. The smallest absolute Gasteiger partial charge is 0.254 e. The number of hydrogen-bond acceptors (Lipinski definition) is 4. The van der Waals surface area contributed by atoms with Gasteiger partial charge >= 0.3 is 0 Å². The summed E-state index contributed by atoms with van der Waals surface area (Å²) < 4.78 is 1.76. The molecule has 0 saturated carbocycles. The van der Waals surface area contributed by atoms with Crippen molar-refractivity contribution in [3.8, 4) is 5.69 Å². The van der Waals surface area contributed by atoms with Gasteiger partial charge in [-0.2, -0.15) is 0 Å². The second-order valence-electron chi connectivity index (χ2n) is 5.77. The lowest BCUT2D eigenvalue weighted by Gasteiger charge is -2.17. The van der Waals surface area contributed by atoms with Crippen molar-refractivity contribution in [2.24, 2.45) is 5.92 Å². The summed E-state index contributed by atoms with van der Waals surface area (Å²) in [6.07, 6.45) is 3.72. The molecule has 2 saturated heterocycles. The zero-order valence-electron chi connectivity index (χ0n) is 11.8. The highest BCUT2D eigenvalue weighted by Crippen LogP contribution is 2.26. The fraction of sp³-hybridized carbons (Fsp3) is 0.333. The van der Waals surface area contributed by atoms with E-state index in [1.165, 1.54) is 0 Å². The zero-order chi connectivity index (χ0) is 15.1. The van der Waals surface area contributed by atoms with Crippen LogP contribution in [0.2, 0.25) is 0 Å². The van der Waals surface area contributed by atoms with Gasteiger partial charge in [-0.15, -0.1) is 10.2 Å². The molecule has 0 aliphatic carbocycles. The molecule has 2 fully saturated rings. The second kappa shape index (κ2) is 4.94. The van der Waals surface area contributed by atoms with Crippen molar-refractivity contribution >= 4 is 11.8 Å². The van der Waals surface area contributed by atoms with Crippen LogP contribution in [-0.2, 0) is 4.79 Å². The average Bonchev–Trinajstić information content (AvgIpc) is 3.22. The lowest BCUT2D eigenvalue weighted by Crippen LogP contribution is -2.35. The van der Waals surface area contributed by atoms with Crippen LogP contribution in [0.25, 0.3) is 5.69 Å². The molecule has 4 rings (SSSR count). The predicted molar refractivity (Wildman–Crippen MR) is 77.3 cm³/mol. The molecule has 0 bridgehead atoms. The summed E-state index contributed by atoms with van der Waals surface area (Å²) in [4.78, 5) is 25.8. The standard InChI is InChI=1S/C15H15N5O2/c21-14-5-11-6-19(7-13(11)18-14)15(22)10-2-1-3-12(4-10)20-8-16-17-9-20/h1-4,8-9,11,13H,5-7H2,(H,18,21)/t11-,13+/m0/s1. The summed E-state index contributed by atoms with van der Waals surface area (Å²) >= 11 is 0. The van der Waals surface area contributed by atoms with E-state index in [0.29, 0.717) is 25.1 Å². The summed E-state index contributed by atoms with van der Waals surface area (Å²) in [6, 6.07) is 7.50. The van der Waals surface area contributed by atoms with Gasteiger partial charge in [0.05, 0.1) is 6.04 Å². The van der Waals surface area contributed by atoms with Crippen molar-refractivity contribution < 1.29 is 9.59 Å². The third-order valence-electron chi connectivity index (χ3n) is 4.33. The summed E-state index contributed by atoms with van der Waals surface area (Å²) in [5, 5.41) is 10.5. The Bertz CT molecular complexity index is 711. The van der Waals surface area contributed by atoms with E-state index in [0.717, 1.165) is 5.69 Å². The molecule has 2 amide bonds. The fourth-order valence-electron chi connectivity index (χ4n) is 3.23. The molecule has 7 nitrogen and oxygen atoms in total. The largest absolute Gasteiger partial charge is 0.351 e. The number of rotatable bonds is 2. The summed E-state index contributed by atoms with van der Waals surface area (Å²) in [5.74, 6) is 0.341. The molecular weight excluding hydrogens is 282 g/mol. The third-order valence-corrected chi connectivity index (χ3v) is 4.33. The number of fused-ring (bicyclic) bond motifs is 1. The molecule has 1 aromatic carbocycles. The Kier molecular flexibility index (Phi) is 2.92. The van der Waals surface area contributed by atoms with Gasteiger partial charge in [-0.05, 0) is 18.2 Å². The molecule has 2 atom stereocenters. The normalized spacial score (nSPS) is 23.5. The maximum atomic E-state index is 12.7. The number of likely N-dealkylation sites (tertiary alicyclic amines) is 1. The van der Waals surface area contributed by atoms with Crippen molar-refractivity contribution in [1.29, 1.82) is 0 Å².